The summed E-state index contributed by atoms with van der Waals surface area (Å²) >= 11 is 0. The summed E-state index contributed by atoms with van der Waals surface area (Å²) in [5, 5.41) is 3.01. The molecule has 2 bridgehead atoms. The minimum absolute atomic E-state index is 0.0164. The zero-order chi connectivity index (χ0) is 18.4. The first-order valence-electron chi connectivity index (χ1n) is 9.49. The van der Waals surface area contributed by atoms with E-state index in [1.165, 1.54) is 5.56 Å². The van der Waals surface area contributed by atoms with Gasteiger partial charge in [0.2, 0.25) is 11.8 Å². The van der Waals surface area contributed by atoms with Gasteiger partial charge < -0.3 is 15.0 Å². The molecule has 0 spiro atoms. The molecular formula is C20H29N3O3. The molecule has 26 heavy (non-hydrogen) atoms. The topological polar surface area (TPSA) is 61.9 Å². The molecule has 0 aliphatic carbocycles. The van der Waals surface area contributed by atoms with E-state index in [0.717, 1.165) is 25.8 Å². The number of methoxy groups -OCH3 is 1. The Kier molecular flexibility index (Phi) is 6.63. The normalized spacial score (nSPS) is 23.1. The highest BCUT2D eigenvalue weighted by atomic mass is 16.5. The van der Waals surface area contributed by atoms with Crippen LogP contribution in [0.25, 0.3) is 0 Å². The highest BCUT2D eigenvalue weighted by Gasteiger charge is 2.40. The minimum Gasteiger partial charge on any atom is -0.383 e. The second-order valence-electron chi connectivity index (χ2n) is 7.23. The number of nitrogens with one attached hydrogen (secondary N) is 1. The quantitative estimate of drug-likeness (QED) is 0.750. The van der Waals surface area contributed by atoms with Gasteiger partial charge in [0.1, 0.15) is 0 Å². The average molecular weight is 359 g/mol. The standard InChI is InChI=1S/C20H29N3O3/c1-26-12-11-23-18-8-7-17(20(23)25)13-22(14-18)15-19(24)21-10-9-16-5-3-2-4-6-16/h2-6,17-18H,7-15H2,1H3,(H,21,24)/t17-,18+/m0/s1. The first-order valence-corrected chi connectivity index (χ1v) is 9.49. The van der Waals surface area contributed by atoms with E-state index in [0.29, 0.717) is 32.8 Å². The Hall–Kier alpha value is -1.92. The van der Waals surface area contributed by atoms with E-state index in [9.17, 15) is 9.59 Å². The lowest BCUT2D eigenvalue weighted by molar-refractivity contribution is -0.140. The number of amides is 2. The smallest absolute Gasteiger partial charge is 0.234 e. The second kappa shape index (κ2) is 9.14. The van der Waals surface area contributed by atoms with Crippen LogP contribution in [0.15, 0.2) is 30.3 Å². The Balaban J connectivity index is 1.47. The van der Waals surface area contributed by atoms with Crippen LogP contribution in [-0.4, -0.2) is 74.1 Å². The number of ether oxygens (including phenoxy) is 1. The fourth-order valence-electron chi connectivity index (χ4n) is 3.99. The number of carbonyl (C=O) groups is 2. The summed E-state index contributed by atoms with van der Waals surface area (Å²) in [6.45, 7) is 3.68. The molecule has 2 atom stereocenters. The fourth-order valence-corrected chi connectivity index (χ4v) is 3.99. The highest BCUT2D eigenvalue weighted by Crippen LogP contribution is 2.28. The summed E-state index contributed by atoms with van der Waals surface area (Å²) in [5.74, 6) is 0.283. The SMILES string of the molecule is COCCN1C(=O)[C@H]2CC[C@@H]1CN(CC(=O)NCCc1ccccc1)C2. The van der Waals surface area contributed by atoms with Gasteiger partial charge in [0.05, 0.1) is 19.1 Å². The molecule has 0 aromatic heterocycles. The van der Waals surface area contributed by atoms with Gasteiger partial charge in [0, 0.05) is 39.3 Å². The number of carbonyl (C=O) groups excluding carboxylic acids is 2. The Bertz CT molecular complexity index is 608. The molecule has 0 saturated carbocycles. The van der Waals surface area contributed by atoms with Crippen molar-refractivity contribution >= 4 is 11.8 Å². The Morgan fingerprint density at radius 2 is 2.04 bits per heavy atom. The molecule has 0 unspecified atom stereocenters. The third-order valence-electron chi connectivity index (χ3n) is 5.35. The molecule has 3 heterocycles. The van der Waals surface area contributed by atoms with Crippen molar-refractivity contribution < 1.29 is 14.3 Å². The monoisotopic (exact) mass is 359 g/mol. The van der Waals surface area contributed by atoms with E-state index in [4.69, 9.17) is 4.74 Å². The molecular weight excluding hydrogens is 330 g/mol. The van der Waals surface area contributed by atoms with Gasteiger partial charge in [-0.05, 0) is 24.8 Å². The Labute approximate surface area is 155 Å². The largest absolute Gasteiger partial charge is 0.383 e. The number of fused-ring (bicyclic) bond motifs is 4. The molecule has 3 saturated heterocycles. The van der Waals surface area contributed by atoms with Crippen LogP contribution in [0.3, 0.4) is 0 Å². The third-order valence-corrected chi connectivity index (χ3v) is 5.35. The van der Waals surface area contributed by atoms with Crippen LogP contribution in [0.5, 0.6) is 0 Å². The van der Waals surface area contributed by atoms with E-state index >= 15 is 0 Å². The van der Waals surface area contributed by atoms with Crippen LogP contribution in [0.2, 0.25) is 0 Å². The summed E-state index contributed by atoms with van der Waals surface area (Å²) in [5.41, 5.74) is 1.22. The second-order valence-corrected chi connectivity index (χ2v) is 7.23. The first kappa shape index (κ1) is 18.9. The molecule has 3 aliphatic heterocycles. The molecule has 1 N–H and O–H groups in total. The van der Waals surface area contributed by atoms with Crippen molar-refractivity contribution in [3.05, 3.63) is 35.9 Å². The van der Waals surface area contributed by atoms with Gasteiger partial charge in [-0.3, -0.25) is 14.5 Å². The summed E-state index contributed by atoms with van der Waals surface area (Å²) in [6, 6.07) is 10.4. The van der Waals surface area contributed by atoms with Crippen LogP contribution in [0.1, 0.15) is 18.4 Å². The summed E-state index contributed by atoms with van der Waals surface area (Å²) in [4.78, 5) is 29.0. The predicted molar refractivity (Wildman–Crippen MR) is 99.7 cm³/mol. The summed E-state index contributed by atoms with van der Waals surface area (Å²) in [6.07, 6.45) is 2.78. The van der Waals surface area contributed by atoms with Crippen molar-refractivity contribution in [2.24, 2.45) is 5.92 Å². The Morgan fingerprint density at radius 1 is 1.23 bits per heavy atom. The van der Waals surface area contributed by atoms with Gasteiger partial charge in [-0.2, -0.15) is 0 Å². The van der Waals surface area contributed by atoms with Gasteiger partial charge in [-0.1, -0.05) is 30.3 Å². The fraction of sp³-hybridized carbons (Fsp3) is 0.600. The summed E-state index contributed by atoms with van der Waals surface area (Å²) in [7, 11) is 1.66. The van der Waals surface area contributed by atoms with Crippen LogP contribution in [0, 0.1) is 5.92 Å². The lowest BCUT2D eigenvalue weighted by atomic mass is 9.94. The van der Waals surface area contributed by atoms with E-state index in [-0.39, 0.29) is 23.8 Å². The van der Waals surface area contributed by atoms with Crippen molar-refractivity contribution in [1.82, 2.24) is 15.1 Å². The van der Waals surface area contributed by atoms with E-state index in [1.807, 2.05) is 23.1 Å². The zero-order valence-corrected chi connectivity index (χ0v) is 15.5. The van der Waals surface area contributed by atoms with Gasteiger partial charge in [0.25, 0.3) is 0 Å². The van der Waals surface area contributed by atoms with Crippen molar-refractivity contribution in [1.29, 1.82) is 0 Å². The number of hydrogen-bond acceptors (Lipinski definition) is 4. The van der Waals surface area contributed by atoms with Gasteiger partial charge in [-0.25, -0.2) is 0 Å². The number of hydrogen-bond donors (Lipinski definition) is 1. The van der Waals surface area contributed by atoms with E-state index in [2.05, 4.69) is 22.3 Å². The molecule has 1 aromatic rings. The molecule has 6 heteroatoms. The maximum Gasteiger partial charge on any atom is 0.234 e. The molecule has 3 aliphatic rings. The van der Waals surface area contributed by atoms with Crippen LogP contribution >= 0.6 is 0 Å². The number of nitrogens with zero attached hydrogens (tertiary/aromatic N) is 2. The van der Waals surface area contributed by atoms with Gasteiger partial charge >= 0.3 is 0 Å². The summed E-state index contributed by atoms with van der Waals surface area (Å²) < 4.78 is 5.14. The maximum atomic E-state index is 12.6. The predicted octanol–water partition coefficient (Wildman–Crippen LogP) is 0.915. The third kappa shape index (κ3) is 4.83. The van der Waals surface area contributed by atoms with Crippen molar-refractivity contribution in [3.8, 4) is 0 Å². The van der Waals surface area contributed by atoms with Crippen LogP contribution in [-0.2, 0) is 20.7 Å². The van der Waals surface area contributed by atoms with E-state index < -0.39 is 0 Å². The molecule has 3 fully saturated rings. The minimum atomic E-state index is 0.0164. The van der Waals surface area contributed by atoms with Gasteiger partial charge in [-0.15, -0.1) is 0 Å². The van der Waals surface area contributed by atoms with Crippen LogP contribution < -0.4 is 5.32 Å². The highest BCUT2D eigenvalue weighted by molar-refractivity contribution is 5.81. The zero-order valence-electron chi connectivity index (χ0n) is 15.5. The van der Waals surface area contributed by atoms with Crippen molar-refractivity contribution in [2.45, 2.75) is 25.3 Å². The molecule has 2 amide bonds. The number of piperidine rings is 1. The maximum absolute atomic E-state index is 12.6. The van der Waals surface area contributed by atoms with Crippen molar-refractivity contribution in [2.75, 3.05) is 46.4 Å². The van der Waals surface area contributed by atoms with Gasteiger partial charge in [0.15, 0.2) is 0 Å². The number of rotatable bonds is 8. The lowest BCUT2D eigenvalue weighted by Gasteiger charge is -2.35. The average Bonchev–Trinajstić information content (AvgIpc) is 2.91. The molecule has 1 aromatic carbocycles. The van der Waals surface area contributed by atoms with Crippen molar-refractivity contribution in [3.63, 3.8) is 0 Å². The lowest BCUT2D eigenvalue weighted by Crippen LogP contribution is -2.49. The van der Waals surface area contributed by atoms with Crippen LogP contribution in [0.4, 0.5) is 0 Å². The Morgan fingerprint density at radius 3 is 2.81 bits per heavy atom. The first-order chi connectivity index (χ1) is 12.7. The molecule has 142 valence electrons. The molecule has 0 radical (unpaired) electrons. The van der Waals surface area contributed by atoms with E-state index in [1.54, 1.807) is 7.11 Å². The molecule has 6 nitrogen and oxygen atoms in total. The number of benzene rings is 1. The molecule has 4 rings (SSSR count).